The number of aliphatic hydroxyl groups is 3. The van der Waals surface area contributed by atoms with Crippen LogP contribution in [0.4, 0.5) is 0 Å². The number of aliphatic hydroxyl groups excluding tert-OH is 3. The molecular formula is C45H91NO4. The Morgan fingerprint density at radius 1 is 0.420 bits per heavy atom. The first-order chi connectivity index (χ1) is 24.6. The van der Waals surface area contributed by atoms with Gasteiger partial charge in [0.1, 0.15) is 6.10 Å². The van der Waals surface area contributed by atoms with Crippen LogP contribution in [0.3, 0.4) is 0 Å². The van der Waals surface area contributed by atoms with Gasteiger partial charge in [0.15, 0.2) is 0 Å². The van der Waals surface area contributed by atoms with E-state index in [1.165, 1.54) is 193 Å². The SMILES string of the molecule is CCCCCCCCCCCCCCCCCCCCCCCCCCCC(=O)NC(CO)C(O)C(O)CCCCCCCCCCCCC. The smallest absolute Gasteiger partial charge is 0.220 e. The molecule has 0 bridgehead atoms. The number of amides is 1. The Labute approximate surface area is 313 Å². The predicted molar refractivity (Wildman–Crippen MR) is 218 cm³/mol. The van der Waals surface area contributed by atoms with E-state index in [2.05, 4.69) is 19.2 Å². The van der Waals surface area contributed by atoms with Crippen molar-refractivity contribution in [3.8, 4) is 0 Å². The van der Waals surface area contributed by atoms with Crippen molar-refractivity contribution in [2.75, 3.05) is 6.61 Å². The van der Waals surface area contributed by atoms with Gasteiger partial charge in [0.25, 0.3) is 0 Å². The molecule has 0 aliphatic carbocycles. The predicted octanol–water partition coefficient (Wildman–Crippen LogP) is 13.0. The lowest BCUT2D eigenvalue weighted by molar-refractivity contribution is -0.124. The number of nitrogens with one attached hydrogen (secondary N) is 1. The van der Waals surface area contributed by atoms with Gasteiger partial charge in [0.2, 0.25) is 5.91 Å². The zero-order valence-corrected chi connectivity index (χ0v) is 34.1. The number of hydrogen-bond donors (Lipinski definition) is 4. The molecule has 0 aromatic carbocycles. The van der Waals surface area contributed by atoms with Crippen LogP contribution in [0.15, 0.2) is 0 Å². The van der Waals surface area contributed by atoms with E-state index in [1.54, 1.807) is 0 Å². The molecule has 3 atom stereocenters. The van der Waals surface area contributed by atoms with Gasteiger partial charge in [-0.15, -0.1) is 0 Å². The Hall–Kier alpha value is -0.650. The van der Waals surface area contributed by atoms with Gasteiger partial charge in [-0.1, -0.05) is 239 Å². The van der Waals surface area contributed by atoms with Crippen LogP contribution in [-0.2, 0) is 4.79 Å². The highest BCUT2D eigenvalue weighted by Gasteiger charge is 2.26. The average molecular weight is 710 g/mol. The zero-order chi connectivity index (χ0) is 36.6. The molecule has 0 fully saturated rings. The molecular weight excluding hydrogens is 618 g/mol. The number of hydrogen-bond acceptors (Lipinski definition) is 4. The van der Waals surface area contributed by atoms with E-state index in [9.17, 15) is 20.1 Å². The van der Waals surface area contributed by atoms with Gasteiger partial charge in [-0.05, 0) is 12.8 Å². The van der Waals surface area contributed by atoms with Gasteiger partial charge in [-0.3, -0.25) is 4.79 Å². The second kappa shape index (κ2) is 41.1. The molecule has 0 rings (SSSR count). The lowest BCUT2D eigenvalue weighted by atomic mass is 9.99. The van der Waals surface area contributed by atoms with Crippen molar-refractivity contribution >= 4 is 5.91 Å². The highest BCUT2D eigenvalue weighted by Crippen LogP contribution is 2.17. The molecule has 300 valence electrons. The van der Waals surface area contributed by atoms with E-state index >= 15 is 0 Å². The molecule has 0 heterocycles. The molecule has 3 unspecified atom stereocenters. The summed E-state index contributed by atoms with van der Waals surface area (Å²) < 4.78 is 0. The minimum Gasteiger partial charge on any atom is -0.394 e. The monoisotopic (exact) mass is 710 g/mol. The van der Waals surface area contributed by atoms with Gasteiger partial charge in [-0.25, -0.2) is 0 Å². The lowest BCUT2D eigenvalue weighted by Gasteiger charge is -2.26. The Morgan fingerprint density at radius 2 is 0.680 bits per heavy atom. The van der Waals surface area contributed by atoms with Gasteiger partial charge in [-0.2, -0.15) is 0 Å². The van der Waals surface area contributed by atoms with Crippen LogP contribution in [0.2, 0.25) is 0 Å². The van der Waals surface area contributed by atoms with Crippen LogP contribution in [-0.4, -0.2) is 46.1 Å². The summed E-state index contributed by atoms with van der Waals surface area (Å²) in [6.07, 6.45) is 46.5. The van der Waals surface area contributed by atoms with Crippen LogP contribution >= 0.6 is 0 Å². The molecule has 1 amide bonds. The minimum atomic E-state index is -1.13. The fraction of sp³-hybridized carbons (Fsp3) is 0.978. The van der Waals surface area contributed by atoms with Crippen molar-refractivity contribution < 1.29 is 20.1 Å². The summed E-state index contributed by atoms with van der Waals surface area (Å²) in [6.45, 7) is 4.19. The van der Waals surface area contributed by atoms with Crippen LogP contribution in [0.1, 0.15) is 258 Å². The third kappa shape index (κ3) is 35.7. The highest BCUT2D eigenvalue weighted by atomic mass is 16.3. The summed E-state index contributed by atoms with van der Waals surface area (Å²) >= 11 is 0. The molecule has 0 aromatic rings. The maximum atomic E-state index is 12.4. The van der Waals surface area contributed by atoms with E-state index in [4.69, 9.17) is 0 Å². The van der Waals surface area contributed by atoms with Crippen LogP contribution in [0.5, 0.6) is 0 Å². The van der Waals surface area contributed by atoms with Crippen molar-refractivity contribution in [2.45, 2.75) is 276 Å². The first-order valence-corrected chi connectivity index (χ1v) is 22.8. The molecule has 4 N–H and O–H groups in total. The number of unbranched alkanes of at least 4 members (excludes halogenated alkanes) is 34. The normalized spacial score (nSPS) is 13.5. The molecule has 0 aliphatic rings. The Kier molecular flexibility index (Phi) is 40.6. The van der Waals surface area contributed by atoms with Gasteiger partial charge in [0, 0.05) is 6.42 Å². The van der Waals surface area contributed by atoms with Gasteiger partial charge < -0.3 is 20.6 Å². The average Bonchev–Trinajstić information content (AvgIpc) is 3.12. The van der Waals surface area contributed by atoms with E-state index in [-0.39, 0.29) is 12.5 Å². The topological polar surface area (TPSA) is 89.8 Å². The van der Waals surface area contributed by atoms with E-state index < -0.39 is 18.2 Å². The fourth-order valence-corrected chi connectivity index (χ4v) is 7.40. The van der Waals surface area contributed by atoms with Crippen molar-refractivity contribution in [1.29, 1.82) is 0 Å². The minimum absolute atomic E-state index is 0.140. The Balaban J connectivity index is 3.50. The molecule has 0 aromatic heterocycles. The molecule has 0 radical (unpaired) electrons. The van der Waals surface area contributed by atoms with Crippen molar-refractivity contribution in [3.63, 3.8) is 0 Å². The van der Waals surface area contributed by atoms with E-state index in [0.717, 1.165) is 38.5 Å². The molecule has 0 aliphatic heterocycles. The summed E-state index contributed by atoms with van der Waals surface area (Å²) in [6, 6.07) is -0.801. The largest absolute Gasteiger partial charge is 0.394 e. The van der Waals surface area contributed by atoms with Gasteiger partial charge in [0.05, 0.1) is 18.8 Å². The fourth-order valence-electron chi connectivity index (χ4n) is 7.40. The Bertz CT molecular complexity index is 659. The van der Waals surface area contributed by atoms with Gasteiger partial charge >= 0.3 is 0 Å². The zero-order valence-electron chi connectivity index (χ0n) is 34.1. The molecule has 50 heavy (non-hydrogen) atoms. The van der Waals surface area contributed by atoms with Crippen molar-refractivity contribution in [1.82, 2.24) is 5.32 Å². The van der Waals surface area contributed by atoms with E-state index in [0.29, 0.717) is 12.8 Å². The molecule has 5 heteroatoms. The van der Waals surface area contributed by atoms with Crippen LogP contribution in [0, 0.1) is 0 Å². The van der Waals surface area contributed by atoms with Crippen LogP contribution < -0.4 is 5.32 Å². The maximum absolute atomic E-state index is 12.4. The summed E-state index contributed by atoms with van der Waals surface area (Å²) in [7, 11) is 0. The van der Waals surface area contributed by atoms with E-state index in [1.807, 2.05) is 0 Å². The highest BCUT2D eigenvalue weighted by molar-refractivity contribution is 5.76. The summed E-state index contributed by atoms with van der Waals surface area (Å²) in [5.74, 6) is -0.140. The maximum Gasteiger partial charge on any atom is 0.220 e. The third-order valence-electron chi connectivity index (χ3n) is 11.0. The summed E-state index contributed by atoms with van der Waals surface area (Å²) in [4.78, 5) is 12.4. The van der Waals surface area contributed by atoms with Crippen molar-refractivity contribution in [3.05, 3.63) is 0 Å². The lowest BCUT2D eigenvalue weighted by Crippen LogP contribution is -2.50. The number of carbonyl (C=O) groups is 1. The second-order valence-electron chi connectivity index (χ2n) is 16.0. The molecule has 0 spiro atoms. The van der Waals surface area contributed by atoms with Crippen molar-refractivity contribution in [2.24, 2.45) is 0 Å². The standard InChI is InChI=1S/C45H91NO4/c1-3-5-7-9-11-13-15-16-17-18-19-20-21-22-23-24-25-26-27-28-30-32-34-36-38-40-44(49)46-42(41-47)45(50)43(48)39-37-35-33-31-29-14-12-10-8-6-4-2/h42-43,45,47-48,50H,3-41H2,1-2H3,(H,46,49). The Morgan fingerprint density at radius 3 is 0.960 bits per heavy atom. The molecule has 0 saturated carbocycles. The number of rotatable bonds is 42. The molecule has 0 saturated heterocycles. The first kappa shape index (κ1) is 49.4. The second-order valence-corrected chi connectivity index (χ2v) is 16.0. The first-order valence-electron chi connectivity index (χ1n) is 22.8. The molecule has 5 nitrogen and oxygen atoms in total. The summed E-state index contributed by atoms with van der Waals surface area (Å²) in [5, 5.41) is 33.5. The number of carbonyl (C=O) groups excluding carboxylic acids is 1. The summed E-state index contributed by atoms with van der Waals surface area (Å²) in [5.41, 5.74) is 0. The van der Waals surface area contributed by atoms with Crippen LogP contribution in [0.25, 0.3) is 0 Å². The quantitative estimate of drug-likeness (QED) is 0.0475. The third-order valence-corrected chi connectivity index (χ3v) is 11.0.